The van der Waals surface area contributed by atoms with Crippen LogP contribution in [0.4, 0.5) is 0 Å². The van der Waals surface area contributed by atoms with Crippen molar-refractivity contribution in [1.82, 2.24) is 4.90 Å². The molecule has 1 aliphatic heterocycles. The van der Waals surface area contributed by atoms with Crippen molar-refractivity contribution < 1.29 is 14.3 Å². The van der Waals surface area contributed by atoms with Crippen LogP contribution >= 0.6 is 15.9 Å². The van der Waals surface area contributed by atoms with Crippen LogP contribution in [0.25, 0.3) is 0 Å². The summed E-state index contributed by atoms with van der Waals surface area (Å²) in [5, 5.41) is 0. The predicted octanol–water partition coefficient (Wildman–Crippen LogP) is 3.45. The average molecular weight is 399 g/mol. The molecule has 1 aromatic carbocycles. The average Bonchev–Trinajstić information content (AvgIpc) is 2.59. The Morgan fingerprint density at radius 1 is 1.42 bits per heavy atom. The second-order valence-corrected chi connectivity index (χ2v) is 7.18. The van der Waals surface area contributed by atoms with Gasteiger partial charge in [0.05, 0.1) is 18.2 Å². The number of piperidine rings is 1. The number of amides is 1. The number of halogens is 1. The topological polar surface area (TPSA) is 64.8 Å². The second-order valence-electron chi connectivity index (χ2n) is 6.33. The molecule has 134 valence electrons. The fourth-order valence-corrected chi connectivity index (χ4v) is 3.55. The number of nitrogens with two attached hydrogens (primary N) is 1. The quantitative estimate of drug-likeness (QED) is 0.796. The molecular weight excluding hydrogens is 372 g/mol. The zero-order valence-electron chi connectivity index (χ0n) is 14.7. The Balaban J connectivity index is 2.14. The fourth-order valence-electron chi connectivity index (χ4n) is 3.00. The highest BCUT2D eigenvalue weighted by Crippen LogP contribution is 2.37. The molecule has 1 unspecified atom stereocenters. The molecule has 2 N–H and O–H groups in total. The van der Waals surface area contributed by atoms with Crippen molar-refractivity contribution in [1.29, 1.82) is 0 Å². The van der Waals surface area contributed by atoms with E-state index in [1.54, 1.807) is 13.2 Å². The minimum absolute atomic E-state index is 0.0270. The van der Waals surface area contributed by atoms with Gasteiger partial charge in [-0.1, -0.05) is 6.92 Å². The largest absolute Gasteiger partial charge is 0.493 e. The van der Waals surface area contributed by atoms with E-state index < -0.39 is 0 Å². The number of hydrogen-bond donors (Lipinski definition) is 1. The number of carbonyl (C=O) groups is 1. The van der Waals surface area contributed by atoms with Gasteiger partial charge in [0, 0.05) is 24.7 Å². The summed E-state index contributed by atoms with van der Waals surface area (Å²) in [6.45, 7) is 6.19. The first kappa shape index (κ1) is 19.1. The highest BCUT2D eigenvalue weighted by Gasteiger charge is 2.26. The number of carbonyl (C=O) groups excluding carboxylic acids is 1. The summed E-state index contributed by atoms with van der Waals surface area (Å²) < 4.78 is 11.9. The molecule has 1 fully saturated rings. The molecule has 6 heteroatoms. The van der Waals surface area contributed by atoms with Crippen LogP contribution < -0.4 is 15.2 Å². The molecule has 0 spiro atoms. The molecule has 2 rings (SSSR count). The molecule has 0 aliphatic carbocycles. The molecule has 1 aliphatic rings. The smallest absolute Gasteiger partial charge is 0.254 e. The van der Waals surface area contributed by atoms with Crippen molar-refractivity contribution in [2.75, 3.05) is 26.8 Å². The van der Waals surface area contributed by atoms with E-state index in [1.807, 2.05) is 24.8 Å². The van der Waals surface area contributed by atoms with Gasteiger partial charge in [0.2, 0.25) is 0 Å². The Hall–Kier alpha value is -1.27. The molecule has 1 atom stereocenters. The van der Waals surface area contributed by atoms with E-state index in [9.17, 15) is 4.79 Å². The third-order valence-corrected chi connectivity index (χ3v) is 5.09. The Labute approximate surface area is 152 Å². The fraction of sp³-hybridized carbons (Fsp3) is 0.611. The highest BCUT2D eigenvalue weighted by atomic mass is 79.9. The molecule has 1 heterocycles. The van der Waals surface area contributed by atoms with Gasteiger partial charge in [-0.25, -0.2) is 0 Å². The SMILES string of the molecule is CCCOc1c(Br)cc(C(=O)N2CCC(C(C)N)CC2)cc1OC. The van der Waals surface area contributed by atoms with Crippen LogP contribution in [0.15, 0.2) is 16.6 Å². The molecule has 0 aromatic heterocycles. The molecule has 0 saturated carbocycles. The van der Waals surface area contributed by atoms with Gasteiger partial charge < -0.3 is 20.1 Å². The highest BCUT2D eigenvalue weighted by molar-refractivity contribution is 9.10. The minimum atomic E-state index is 0.0270. The Morgan fingerprint density at radius 3 is 2.62 bits per heavy atom. The van der Waals surface area contributed by atoms with Crippen molar-refractivity contribution >= 4 is 21.8 Å². The van der Waals surface area contributed by atoms with Gasteiger partial charge in [0.1, 0.15) is 0 Å². The molecule has 1 aromatic rings. The maximum absolute atomic E-state index is 12.8. The number of likely N-dealkylation sites (tertiary alicyclic amines) is 1. The van der Waals surface area contributed by atoms with Gasteiger partial charge in [0.15, 0.2) is 11.5 Å². The molecule has 24 heavy (non-hydrogen) atoms. The molecule has 1 saturated heterocycles. The zero-order chi connectivity index (χ0) is 17.7. The number of ether oxygens (including phenoxy) is 2. The zero-order valence-corrected chi connectivity index (χ0v) is 16.3. The first-order valence-electron chi connectivity index (χ1n) is 8.53. The lowest BCUT2D eigenvalue weighted by atomic mass is 9.90. The van der Waals surface area contributed by atoms with Gasteiger partial charge >= 0.3 is 0 Å². The molecule has 0 bridgehead atoms. The maximum atomic E-state index is 12.8. The van der Waals surface area contributed by atoms with E-state index in [0.717, 1.165) is 36.8 Å². The summed E-state index contributed by atoms with van der Waals surface area (Å²) in [5.74, 6) is 1.75. The van der Waals surface area contributed by atoms with Gasteiger partial charge in [-0.05, 0) is 60.2 Å². The summed E-state index contributed by atoms with van der Waals surface area (Å²) in [4.78, 5) is 14.7. The van der Waals surface area contributed by atoms with Crippen molar-refractivity contribution in [3.05, 3.63) is 22.2 Å². The first-order valence-corrected chi connectivity index (χ1v) is 9.32. The minimum Gasteiger partial charge on any atom is -0.493 e. The van der Waals surface area contributed by atoms with Gasteiger partial charge in [-0.15, -0.1) is 0 Å². The lowest BCUT2D eigenvalue weighted by Crippen LogP contribution is -2.42. The molecule has 5 nitrogen and oxygen atoms in total. The van der Waals surface area contributed by atoms with E-state index >= 15 is 0 Å². The van der Waals surface area contributed by atoms with Crippen LogP contribution in [0.5, 0.6) is 11.5 Å². The summed E-state index contributed by atoms with van der Waals surface area (Å²) in [6, 6.07) is 3.76. The van der Waals surface area contributed by atoms with Gasteiger partial charge in [-0.2, -0.15) is 0 Å². The summed E-state index contributed by atoms with van der Waals surface area (Å²) >= 11 is 3.50. The van der Waals surface area contributed by atoms with Crippen LogP contribution in [0, 0.1) is 5.92 Å². The van der Waals surface area contributed by atoms with Gasteiger partial charge in [-0.3, -0.25) is 4.79 Å². The standard InChI is InChI=1S/C18H27BrN2O3/c1-4-9-24-17-15(19)10-14(11-16(17)23-3)18(22)21-7-5-13(6-8-21)12(2)20/h10-13H,4-9,20H2,1-3H3. The third-order valence-electron chi connectivity index (χ3n) is 4.50. The van der Waals surface area contributed by atoms with Crippen LogP contribution in [0.3, 0.4) is 0 Å². The van der Waals surface area contributed by atoms with Crippen LogP contribution in [-0.2, 0) is 0 Å². The number of rotatable bonds is 6. The van der Waals surface area contributed by atoms with E-state index in [1.165, 1.54) is 0 Å². The summed E-state index contributed by atoms with van der Waals surface area (Å²) in [6.07, 6.45) is 2.82. The monoisotopic (exact) mass is 398 g/mol. The Morgan fingerprint density at radius 2 is 2.08 bits per heavy atom. The van der Waals surface area contributed by atoms with E-state index in [4.69, 9.17) is 15.2 Å². The number of methoxy groups -OCH3 is 1. The molecular formula is C18H27BrN2O3. The lowest BCUT2D eigenvalue weighted by Gasteiger charge is -2.33. The first-order chi connectivity index (χ1) is 11.5. The number of benzene rings is 1. The Kier molecular flexibility index (Phi) is 6.92. The van der Waals surface area contributed by atoms with Crippen LogP contribution in [0.2, 0.25) is 0 Å². The second kappa shape index (κ2) is 8.72. The number of nitrogens with zero attached hydrogens (tertiary/aromatic N) is 1. The lowest BCUT2D eigenvalue weighted by molar-refractivity contribution is 0.0680. The maximum Gasteiger partial charge on any atom is 0.254 e. The van der Waals surface area contributed by atoms with Crippen molar-refractivity contribution in [2.24, 2.45) is 11.7 Å². The van der Waals surface area contributed by atoms with Crippen LogP contribution in [0.1, 0.15) is 43.5 Å². The summed E-state index contributed by atoms with van der Waals surface area (Å²) in [5.41, 5.74) is 6.59. The number of hydrogen-bond acceptors (Lipinski definition) is 4. The van der Waals surface area contributed by atoms with Crippen molar-refractivity contribution in [3.63, 3.8) is 0 Å². The van der Waals surface area contributed by atoms with Crippen molar-refractivity contribution in [2.45, 2.75) is 39.2 Å². The Bertz CT molecular complexity index is 570. The van der Waals surface area contributed by atoms with Crippen LogP contribution in [-0.4, -0.2) is 43.7 Å². The van der Waals surface area contributed by atoms with E-state index in [0.29, 0.717) is 29.6 Å². The summed E-state index contributed by atoms with van der Waals surface area (Å²) in [7, 11) is 1.59. The normalized spacial score (nSPS) is 16.8. The molecule has 0 radical (unpaired) electrons. The molecule has 1 amide bonds. The van der Waals surface area contributed by atoms with E-state index in [2.05, 4.69) is 15.9 Å². The predicted molar refractivity (Wildman–Crippen MR) is 98.8 cm³/mol. The van der Waals surface area contributed by atoms with E-state index in [-0.39, 0.29) is 11.9 Å². The van der Waals surface area contributed by atoms with Crippen molar-refractivity contribution in [3.8, 4) is 11.5 Å². The van der Waals surface area contributed by atoms with Gasteiger partial charge in [0.25, 0.3) is 5.91 Å². The third kappa shape index (κ3) is 4.42.